The van der Waals surface area contributed by atoms with Crippen LogP contribution in [0.15, 0.2) is 48.5 Å². The van der Waals surface area contributed by atoms with Gasteiger partial charge in [-0.3, -0.25) is 0 Å². The molecule has 1 aliphatic rings. The summed E-state index contributed by atoms with van der Waals surface area (Å²) in [6, 6.07) is 15.8. The van der Waals surface area contributed by atoms with Crippen LogP contribution in [0.1, 0.15) is 45.3 Å². The molecule has 0 aromatic heterocycles. The highest BCUT2D eigenvalue weighted by Gasteiger charge is 2.31. The van der Waals surface area contributed by atoms with Crippen LogP contribution in [0.2, 0.25) is 0 Å². The molecule has 0 spiro atoms. The molecule has 1 aliphatic heterocycles. The van der Waals surface area contributed by atoms with Crippen LogP contribution in [0.25, 0.3) is 11.1 Å². The maximum atomic E-state index is 12.3. The summed E-state index contributed by atoms with van der Waals surface area (Å²) < 4.78 is 39.2. The van der Waals surface area contributed by atoms with Crippen molar-refractivity contribution in [1.29, 1.82) is 0 Å². The van der Waals surface area contributed by atoms with E-state index >= 15 is 0 Å². The second-order valence-corrected chi connectivity index (χ2v) is 9.57. The summed E-state index contributed by atoms with van der Waals surface area (Å²) >= 11 is 0. The minimum Gasteiger partial charge on any atom is -0.493 e. The van der Waals surface area contributed by atoms with Gasteiger partial charge in [-0.25, -0.2) is 13.1 Å². The number of ether oxygens (including phenoxy) is 2. The lowest BCUT2D eigenvalue weighted by atomic mass is 9.95. The van der Waals surface area contributed by atoms with E-state index < -0.39 is 15.3 Å². The molecule has 1 saturated heterocycles. The van der Waals surface area contributed by atoms with Crippen molar-refractivity contribution in [3.8, 4) is 16.9 Å². The van der Waals surface area contributed by atoms with Gasteiger partial charge in [0.15, 0.2) is 0 Å². The molecule has 1 fully saturated rings. The van der Waals surface area contributed by atoms with E-state index in [1.165, 1.54) is 0 Å². The van der Waals surface area contributed by atoms with Crippen molar-refractivity contribution in [2.45, 2.75) is 51.0 Å². The Kier molecular flexibility index (Phi) is 6.75. The number of hydrogen-bond donors (Lipinski definition) is 1. The highest BCUT2D eigenvalue weighted by molar-refractivity contribution is 7.90. The number of hydrogen-bond acceptors (Lipinski definition) is 4. The zero-order valence-corrected chi connectivity index (χ0v) is 17.5. The molecule has 0 bridgehead atoms. The van der Waals surface area contributed by atoms with E-state index in [4.69, 9.17) is 9.47 Å². The van der Waals surface area contributed by atoms with Crippen LogP contribution in [-0.2, 0) is 14.8 Å². The molecule has 1 unspecified atom stereocenters. The molecule has 1 N–H and O–H groups in total. The highest BCUT2D eigenvalue weighted by atomic mass is 32.2. The van der Waals surface area contributed by atoms with Gasteiger partial charge < -0.3 is 9.47 Å². The lowest BCUT2D eigenvalue weighted by Crippen LogP contribution is -2.45. The number of nitrogens with one attached hydrogen (secondary N) is 1. The lowest BCUT2D eigenvalue weighted by molar-refractivity contribution is -0.00446. The first-order valence-electron chi connectivity index (χ1n) is 9.87. The zero-order chi connectivity index (χ0) is 20.1. The third-order valence-corrected chi connectivity index (χ3v) is 6.87. The van der Waals surface area contributed by atoms with Gasteiger partial charge in [0.2, 0.25) is 10.0 Å². The molecular formula is C22H29NO4S. The molecule has 6 heteroatoms. The minimum absolute atomic E-state index is 0.247. The van der Waals surface area contributed by atoms with Crippen LogP contribution in [0.3, 0.4) is 0 Å². The summed E-state index contributed by atoms with van der Waals surface area (Å²) in [5.74, 6) is 0.856. The molecule has 3 rings (SSSR count). The van der Waals surface area contributed by atoms with Crippen LogP contribution in [0, 0.1) is 0 Å². The molecule has 0 radical (unpaired) electrons. The normalized spacial score (nSPS) is 20.3. The fraction of sp³-hybridized carbons (Fsp3) is 0.455. The Hall–Kier alpha value is -1.89. The maximum Gasteiger partial charge on any atom is 0.214 e. The van der Waals surface area contributed by atoms with E-state index in [2.05, 4.69) is 4.72 Å². The Morgan fingerprint density at radius 3 is 2.54 bits per heavy atom. The predicted molar refractivity (Wildman–Crippen MR) is 112 cm³/mol. The maximum absolute atomic E-state index is 12.3. The molecule has 2 atom stereocenters. The van der Waals surface area contributed by atoms with E-state index in [0.717, 1.165) is 35.3 Å². The number of sulfonamides is 1. The van der Waals surface area contributed by atoms with Crippen molar-refractivity contribution in [2.24, 2.45) is 0 Å². The highest BCUT2D eigenvalue weighted by Crippen LogP contribution is 2.33. The number of rotatable bonds is 7. The summed E-state index contributed by atoms with van der Waals surface area (Å²) in [6.07, 6.45) is 1.34. The first-order valence-corrected chi connectivity index (χ1v) is 11.4. The van der Waals surface area contributed by atoms with E-state index in [0.29, 0.717) is 13.2 Å². The molecule has 28 heavy (non-hydrogen) atoms. The molecule has 2 aromatic carbocycles. The average molecular weight is 404 g/mol. The minimum atomic E-state index is -3.35. The van der Waals surface area contributed by atoms with Crippen molar-refractivity contribution in [3.63, 3.8) is 0 Å². The zero-order valence-electron chi connectivity index (χ0n) is 16.7. The predicted octanol–water partition coefficient (Wildman–Crippen LogP) is 4.30. The standard InChI is InChI=1S/C22H29NO4S/c1-4-26-21-10-6-5-8-19(21)17-11-13-18(14-12-17)22-20(9-7-15-27-22)23-28(24,25)16(2)3/h5-6,8,10-14,16,20,22-23H,4,7,9,15H2,1-3H3/t20?,22-/m1/s1. The summed E-state index contributed by atoms with van der Waals surface area (Å²) in [7, 11) is -3.35. The summed E-state index contributed by atoms with van der Waals surface area (Å²) in [5, 5.41) is -0.465. The Bertz CT molecular complexity index is 878. The van der Waals surface area contributed by atoms with E-state index in [-0.39, 0.29) is 12.1 Å². The third-order valence-electron chi connectivity index (χ3n) is 5.00. The quantitative estimate of drug-likeness (QED) is 0.749. The van der Waals surface area contributed by atoms with Crippen molar-refractivity contribution in [1.82, 2.24) is 4.72 Å². The Morgan fingerprint density at radius 2 is 1.86 bits per heavy atom. The van der Waals surface area contributed by atoms with Crippen molar-refractivity contribution >= 4 is 10.0 Å². The monoisotopic (exact) mass is 403 g/mol. The van der Waals surface area contributed by atoms with Crippen LogP contribution in [-0.4, -0.2) is 32.9 Å². The Labute approximate surface area is 168 Å². The first-order chi connectivity index (χ1) is 13.4. The molecule has 5 nitrogen and oxygen atoms in total. The Morgan fingerprint density at radius 1 is 1.14 bits per heavy atom. The van der Waals surface area contributed by atoms with Gasteiger partial charge in [0, 0.05) is 12.2 Å². The van der Waals surface area contributed by atoms with E-state index in [1.54, 1.807) is 13.8 Å². The second kappa shape index (κ2) is 9.07. The summed E-state index contributed by atoms with van der Waals surface area (Å²) in [4.78, 5) is 0. The number of benzene rings is 2. The van der Waals surface area contributed by atoms with Gasteiger partial charge in [0.05, 0.1) is 24.0 Å². The third kappa shape index (κ3) is 4.74. The largest absolute Gasteiger partial charge is 0.493 e. The van der Waals surface area contributed by atoms with Crippen LogP contribution in [0.5, 0.6) is 5.75 Å². The fourth-order valence-corrected chi connectivity index (χ4v) is 4.35. The van der Waals surface area contributed by atoms with E-state index in [9.17, 15) is 8.42 Å². The van der Waals surface area contributed by atoms with Crippen molar-refractivity contribution in [2.75, 3.05) is 13.2 Å². The van der Waals surface area contributed by atoms with E-state index in [1.807, 2.05) is 55.5 Å². The molecule has 152 valence electrons. The van der Waals surface area contributed by atoms with Crippen molar-refractivity contribution in [3.05, 3.63) is 54.1 Å². The lowest BCUT2D eigenvalue weighted by Gasteiger charge is -2.33. The van der Waals surface area contributed by atoms with Crippen LogP contribution in [0.4, 0.5) is 0 Å². The summed E-state index contributed by atoms with van der Waals surface area (Å²) in [5.41, 5.74) is 3.08. The van der Waals surface area contributed by atoms with Gasteiger partial charge in [-0.1, -0.05) is 42.5 Å². The first kappa shape index (κ1) is 20.8. The molecule has 1 heterocycles. The number of para-hydroxylation sites is 1. The smallest absolute Gasteiger partial charge is 0.214 e. The second-order valence-electron chi connectivity index (χ2n) is 7.30. The topological polar surface area (TPSA) is 64.6 Å². The molecule has 0 saturated carbocycles. The molecule has 0 amide bonds. The molecule has 0 aliphatic carbocycles. The van der Waals surface area contributed by atoms with Gasteiger partial charge in [-0.15, -0.1) is 0 Å². The summed E-state index contributed by atoms with van der Waals surface area (Å²) in [6.45, 7) is 6.60. The van der Waals surface area contributed by atoms with Crippen LogP contribution >= 0.6 is 0 Å². The van der Waals surface area contributed by atoms with Gasteiger partial charge in [-0.2, -0.15) is 0 Å². The van der Waals surface area contributed by atoms with Gasteiger partial charge in [-0.05, 0) is 50.8 Å². The van der Waals surface area contributed by atoms with Gasteiger partial charge in [0.25, 0.3) is 0 Å². The van der Waals surface area contributed by atoms with Crippen molar-refractivity contribution < 1.29 is 17.9 Å². The van der Waals surface area contributed by atoms with Gasteiger partial charge >= 0.3 is 0 Å². The SMILES string of the molecule is CCOc1ccccc1-c1ccc([C@H]2OCCCC2NS(=O)(=O)C(C)C)cc1. The molecular weight excluding hydrogens is 374 g/mol. The average Bonchev–Trinajstić information content (AvgIpc) is 2.69. The molecule has 2 aromatic rings. The van der Waals surface area contributed by atoms with Gasteiger partial charge in [0.1, 0.15) is 5.75 Å². The van der Waals surface area contributed by atoms with Crippen LogP contribution < -0.4 is 9.46 Å². The Balaban J connectivity index is 1.83. The fourth-order valence-electron chi connectivity index (χ4n) is 3.42.